The van der Waals surface area contributed by atoms with Crippen molar-refractivity contribution >= 4 is 5.78 Å². The summed E-state index contributed by atoms with van der Waals surface area (Å²) in [5.41, 5.74) is -0.0953. The van der Waals surface area contributed by atoms with Gasteiger partial charge in [-0.05, 0) is 37.5 Å². The lowest BCUT2D eigenvalue weighted by atomic mass is 9.85. The van der Waals surface area contributed by atoms with Crippen LogP contribution in [0.1, 0.15) is 44.0 Å². The minimum atomic E-state index is -0.462. The molecule has 2 rings (SSSR count). The second kappa shape index (κ2) is 4.13. The van der Waals surface area contributed by atoms with Gasteiger partial charge < -0.3 is 4.74 Å². The lowest BCUT2D eigenvalue weighted by molar-refractivity contribution is 0.0391. The van der Waals surface area contributed by atoms with Gasteiger partial charge in [0.25, 0.3) is 0 Å². The van der Waals surface area contributed by atoms with E-state index < -0.39 is 11.4 Å². The molecule has 0 N–H and O–H groups in total. The van der Waals surface area contributed by atoms with Crippen molar-refractivity contribution in [2.45, 2.75) is 39.2 Å². The van der Waals surface area contributed by atoms with E-state index >= 15 is 0 Å². The van der Waals surface area contributed by atoms with E-state index in [1.165, 1.54) is 12.1 Å². The van der Waals surface area contributed by atoms with Gasteiger partial charge in [0, 0.05) is 0 Å². The topological polar surface area (TPSA) is 26.3 Å². The molecule has 1 atom stereocenters. The summed E-state index contributed by atoms with van der Waals surface area (Å²) in [6.45, 7) is 6.13. The third kappa shape index (κ3) is 2.48. The SMILES string of the molecule is CC(C)CC1(C)CC(=O)c2cc(F)ccc2O1. The van der Waals surface area contributed by atoms with Crippen molar-refractivity contribution in [3.63, 3.8) is 0 Å². The summed E-state index contributed by atoms with van der Waals surface area (Å²) >= 11 is 0. The maximum atomic E-state index is 13.1. The van der Waals surface area contributed by atoms with E-state index in [2.05, 4.69) is 13.8 Å². The number of ether oxygens (including phenoxy) is 1. The zero-order chi connectivity index (χ0) is 12.6. The van der Waals surface area contributed by atoms with Crippen LogP contribution in [0.25, 0.3) is 0 Å². The average molecular weight is 236 g/mol. The number of benzene rings is 1. The summed E-state index contributed by atoms with van der Waals surface area (Å²) in [7, 11) is 0. The Balaban J connectivity index is 2.33. The van der Waals surface area contributed by atoms with Crippen LogP contribution in [0.3, 0.4) is 0 Å². The lowest BCUT2D eigenvalue weighted by Crippen LogP contribution is -2.40. The Morgan fingerprint density at radius 2 is 2.18 bits per heavy atom. The number of halogens is 1. The van der Waals surface area contributed by atoms with Crippen LogP contribution >= 0.6 is 0 Å². The van der Waals surface area contributed by atoms with Crippen LogP contribution in [-0.2, 0) is 0 Å². The van der Waals surface area contributed by atoms with Crippen LogP contribution in [0.2, 0.25) is 0 Å². The second-order valence-corrected chi connectivity index (χ2v) is 5.39. The first-order valence-corrected chi connectivity index (χ1v) is 5.91. The smallest absolute Gasteiger partial charge is 0.170 e. The largest absolute Gasteiger partial charge is 0.486 e. The van der Waals surface area contributed by atoms with Crippen LogP contribution in [0.5, 0.6) is 5.75 Å². The molecule has 1 aromatic rings. The normalized spacial score (nSPS) is 23.5. The molecule has 92 valence electrons. The first-order chi connectivity index (χ1) is 7.89. The highest BCUT2D eigenvalue weighted by molar-refractivity contribution is 6.00. The molecule has 0 fully saturated rings. The predicted molar refractivity (Wildman–Crippen MR) is 63.8 cm³/mol. The predicted octanol–water partition coefficient (Wildman–Crippen LogP) is 3.60. The van der Waals surface area contributed by atoms with E-state index in [1.807, 2.05) is 6.92 Å². The van der Waals surface area contributed by atoms with Crippen molar-refractivity contribution in [1.82, 2.24) is 0 Å². The number of hydrogen-bond donors (Lipinski definition) is 0. The van der Waals surface area contributed by atoms with Crippen LogP contribution in [0.4, 0.5) is 4.39 Å². The molecule has 2 nitrogen and oxygen atoms in total. The summed E-state index contributed by atoms with van der Waals surface area (Å²) in [6, 6.07) is 4.13. The fourth-order valence-corrected chi connectivity index (χ4v) is 2.52. The third-order valence-corrected chi connectivity index (χ3v) is 2.97. The number of ketones is 1. The molecule has 1 heterocycles. The molecule has 17 heavy (non-hydrogen) atoms. The molecule has 1 aromatic carbocycles. The zero-order valence-corrected chi connectivity index (χ0v) is 10.4. The summed E-state index contributed by atoms with van der Waals surface area (Å²) in [5, 5.41) is 0. The van der Waals surface area contributed by atoms with Gasteiger partial charge in [-0.25, -0.2) is 4.39 Å². The summed E-state index contributed by atoms with van der Waals surface area (Å²) in [5.74, 6) is 0.530. The van der Waals surface area contributed by atoms with E-state index in [0.29, 0.717) is 23.7 Å². The molecule has 3 heteroatoms. The maximum absolute atomic E-state index is 13.1. The van der Waals surface area contributed by atoms with Gasteiger partial charge in [-0.2, -0.15) is 0 Å². The number of fused-ring (bicyclic) bond motifs is 1. The van der Waals surface area contributed by atoms with E-state index in [9.17, 15) is 9.18 Å². The molecule has 0 saturated heterocycles. The van der Waals surface area contributed by atoms with Crippen LogP contribution in [0.15, 0.2) is 18.2 Å². The van der Waals surface area contributed by atoms with Crippen molar-refractivity contribution in [2.75, 3.05) is 0 Å². The molecule has 0 amide bonds. The first-order valence-electron chi connectivity index (χ1n) is 5.91. The monoisotopic (exact) mass is 236 g/mol. The molecule has 0 aromatic heterocycles. The third-order valence-electron chi connectivity index (χ3n) is 2.97. The molecule has 0 aliphatic carbocycles. The van der Waals surface area contributed by atoms with Crippen molar-refractivity contribution < 1.29 is 13.9 Å². The molecule has 1 aliphatic heterocycles. The average Bonchev–Trinajstić information content (AvgIpc) is 2.17. The highest BCUT2D eigenvalue weighted by Gasteiger charge is 2.36. The summed E-state index contributed by atoms with van der Waals surface area (Å²) < 4.78 is 18.9. The van der Waals surface area contributed by atoms with Crippen molar-refractivity contribution in [3.05, 3.63) is 29.6 Å². The van der Waals surface area contributed by atoms with Gasteiger partial charge in [-0.15, -0.1) is 0 Å². The molecular weight excluding hydrogens is 219 g/mol. The molecular formula is C14H17FO2. The van der Waals surface area contributed by atoms with Crippen LogP contribution in [-0.4, -0.2) is 11.4 Å². The van der Waals surface area contributed by atoms with Crippen molar-refractivity contribution in [3.8, 4) is 5.75 Å². The van der Waals surface area contributed by atoms with E-state index in [1.54, 1.807) is 6.07 Å². The minimum Gasteiger partial charge on any atom is -0.486 e. The molecule has 0 bridgehead atoms. The number of Topliss-reactive ketones (excluding diaryl/α,β-unsaturated/α-hetero) is 1. The summed E-state index contributed by atoms with van der Waals surface area (Å²) in [4.78, 5) is 12.0. The fourth-order valence-electron chi connectivity index (χ4n) is 2.52. The molecule has 0 radical (unpaired) electrons. The highest BCUT2D eigenvalue weighted by atomic mass is 19.1. The van der Waals surface area contributed by atoms with E-state index in [-0.39, 0.29) is 5.78 Å². The Labute approximate surface area is 101 Å². The second-order valence-electron chi connectivity index (χ2n) is 5.39. The lowest BCUT2D eigenvalue weighted by Gasteiger charge is -2.36. The Morgan fingerprint density at radius 3 is 2.82 bits per heavy atom. The fraction of sp³-hybridized carbons (Fsp3) is 0.500. The Morgan fingerprint density at radius 1 is 1.47 bits per heavy atom. The maximum Gasteiger partial charge on any atom is 0.170 e. The van der Waals surface area contributed by atoms with E-state index in [0.717, 1.165) is 6.42 Å². The number of hydrogen-bond acceptors (Lipinski definition) is 2. The standard InChI is InChI=1S/C14H17FO2/c1-9(2)7-14(3)8-12(16)11-6-10(15)4-5-13(11)17-14/h4-6,9H,7-8H2,1-3H3. The van der Waals surface area contributed by atoms with Gasteiger partial charge in [0.2, 0.25) is 0 Å². The highest BCUT2D eigenvalue weighted by Crippen LogP contribution is 2.36. The van der Waals surface area contributed by atoms with Crippen LogP contribution in [0, 0.1) is 11.7 Å². The molecule has 0 saturated carbocycles. The Bertz CT molecular complexity index is 454. The van der Waals surface area contributed by atoms with Crippen molar-refractivity contribution in [1.29, 1.82) is 0 Å². The van der Waals surface area contributed by atoms with Crippen molar-refractivity contribution in [2.24, 2.45) is 5.92 Å². The zero-order valence-electron chi connectivity index (χ0n) is 10.4. The van der Waals surface area contributed by atoms with Crippen LogP contribution < -0.4 is 4.74 Å². The number of rotatable bonds is 2. The number of carbonyl (C=O) groups is 1. The number of carbonyl (C=O) groups excluding carboxylic acids is 1. The first kappa shape index (κ1) is 12.1. The van der Waals surface area contributed by atoms with Gasteiger partial charge in [0.05, 0.1) is 12.0 Å². The van der Waals surface area contributed by atoms with Gasteiger partial charge in [0.1, 0.15) is 17.2 Å². The molecule has 1 aliphatic rings. The molecule has 1 unspecified atom stereocenters. The van der Waals surface area contributed by atoms with Gasteiger partial charge in [0.15, 0.2) is 5.78 Å². The van der Waals surface area contributed by atoms with Gasteiger partial charge >= 0.3 is 0 Å². The van der Waals surface area contributed by atoms with E-state index in [4.69, 9.17) is 4.74 Å². The minimum absolute atomic E-state index is 0.0334. The quantitative estimate of drug-likeness (QED) is 0.784. The summed E-state index contributed by atoms with van der Waals surface area (Å²) in [6.07, 6.45) is 1.14. The molecule has 0 spiro atoms. The van der Waals surface area contributed by atoms with Gasteiger partial charge in [-0.3, -0.25) is 4.79 Å². The Kier molecular flexibility index (Phi) is 2.94. The van der Waals surface area contributed by atoms with Gasteiger partial charge in [-0.1, -0.05) is 13.8 Å². The Hall–Kier alpha value is -1.38.